The van der Waals surface area contributed by atoms with Gasteiger partial charge in [-0.1, -0.05) is 18.2 Å². The van der Waals surface area contributed by atoms with E-state index < -0.39 is 6.10 Å². The van der Waals surface area contributed by atoms with Crippen LogP contribution in [0.15, 0.2) is 36.4 Å². The molecular formula is C23H26FNO4. The van der Waals surface area contributed by atoms with Crippen molar-refractivity contribution in [2.75, 3.05) is 26.3 Å². The lowest BCUT2D eigenvalue weighted by atomic mass is 9.87. The van der Waals surface area contributed by atoms with Crippen molar-refractivity contribution in [3.8, 4) is 11.5 Å². The number of ether oxygens (including phenoxy) is 2. The number of para-hydroxylation sites is 1. The van der Waals surface area contributed by atoms with Gasteiger partial charge >= 0.3 is 0 Å². The Bertz CT molecular complexity index is 896. The van der Waals surface area contributed by atoms with Crippen molar-refractivity contribution in [1.29, 1.82) is 0 Å². The van der Waals surface area contributed by atoms with E-state index in [0.717, 1.165) is 48.4 Å². The number of aliphatic hydroxyl groups is 2. The number of aliphatic hydroxyl groups excluding tert-OH is 2. The van der Waals surface area contributed by atoms with Gasteiger partial charge in [0.1, 0.15) is 12.4 Å². The molecule has 3 atom stereocenters. The minimum atomic E-state index is -0.557. The molecule has 0 saturated carbocycles. The molecule has 0 spiro atoms. The van der Waals surface area contributed by atoms with Crippen molar-refractivity contribution in [3.05, 3.63) is 58.9 Å². The highest BCUT2D eigenvalue weighted by Crippen LogP contribution is 2.43. The second-order valence-corrected chi connectivity index (χ2v) is 8.28. The lowest BCUT2D eigenvalue weighted by molar-refractivity contribution is 0.0400. The first kappa shape index (κ1) is 18.9. The molecule has 154 valence electrons. The van der Waals surface area contributed by atoms with E-state index in [-0.39, 0.29) is 24.6 Å². The quantitative estimate of drug-likeness (QED) is 0.831. The molecule has 2 aromatic carbocycles. The molecule has 0 bridgehead atoms. The third kappa shape index (κ3) is 3.39. The zero-order valence-electron chi connectivity index (χ0n) is 16.3. The third-order valence-corrected chi connectivity index (χ3v) is 6.58. The van der Waals surface area contributed by atoms with Crippen LogP contribution in [0.4, 0.5) is 4.39 Å². The van der Waals surface area contributed by atoms with Crippen LogP contribution >= 0.6 is 0 Å². The molecule has 3 aliphatic rings. The summed E-state index contributed by atoms with van der Waals surface area (Å²) >= 11 is 0. The standard InChI is InChI=1S/C23H26FNO4/c24-16-4-5-18-15(10-16)11-20(22(18)27)25-8-6-14(7-9-25)19-2-1-3-21-23(19)28-13-17(12-26)29-21/h1-5,10,14,17,20,22,26-27H,6-9,11-13H2/t17?,20-,22-/m1/s1. The van der Waals surface area contributed by atoms with Crippen molar-refractivity contribution in [3.63, 3.8) is 0 Å². The Labute approximate surface area is 169 Å². The van der Waals surface area contributed by atoms with Gasteiger partial charge in [-0.25, -0.2) is 4.39 Å². The van der Waals surface area contributed by atoms with E-state index in [4.69, 9.17) is 9.47 Å². The molecule has 1 saturated heterocycles. The summed E-state index contributed by atoms with van der Waals surface area (Å²) in [6, 6.07) is 10.7. The molecule has 0 radical (unpaired) electrons. The Kier molecular flexibility index (Phi) is 4.94. The number of piperidine rings is 1. The zero-order valence-corrected chi connectivity index (χ0v) is 16.3. The minimum absolute atomic E-state index is 0.0161. The van der Waals surface area contributed by atoms with E-state index >= 15 is 0 Å². The summed E-state index contributed by atoms with van der Waals surface area (Å²) in [7, 11) is 0. The molecule has 1 unspecified atom stereocenters. The zero-order chi connectivity index (χ0) is 20.0. The SMILES string of the molecule is OCC1COc2c(cccc2C2CCN([C@@H]3Cc4cc(F)ccc4[C@H]3O)CC2)O1. The van der Waals surface area contributed by atoms with E-state index in [9.17, 15) is 14.6 Å². The van der Waals surface area contributed by atoms with Gasteiger partial charge in [-0.2, -0.15) is 0 Å². The largest absolute Gasteiger partial charge is 0.485 e. The number of rotatable bonds is 3. The Balaban J connectivity index is 1.27. The number of nitrogens with zero attached hydrogens (tertiary/aromatic N) is 1. The van der Waals surface area contributed by atoms with Crippen LogP contribution in [0, 0.1) is 5.82 Å². The second kappa shape index (κ2) is 7.59. The fourth-order valence-corrected chi connectivity index (χ4v) is 5.04. The molecule has 2 N–H and O–H groups in total. The van der Waals surface area contributed by atoms with E-state index in [0.29, 0.717) is 24.7 Å². The molecule has 2 heterocycles. The summed E-state index contributed by atoms with van der Waals surface area (Å²) in [4.78, 5) is 2.34. The molecule has 2 aromatic rings. The monoisotopic (exact) mass is 399 g/mol. The summed E-state index contributed by atoms with van der Waals surface area (Å²) in [6.45, 7) is 2.07. The average Bonchev–Trinajstić information content (AvgIpc) is 3.08. The maximum Gasteiger partial charge on any atom is 0.164 e. The smallest absolute Gasteiger partial charge is 0.164 e. The summed E-state index contributed by atoms with van der Waals surface area (Å²) in [6.07, 6.45) is 1.77. The molecule has 1 fully saturated rings. The highest BCUT2D eigenvalue weighted by molar-refractivity contribution is 5.49. The van der Waals surface area contributed by atoms with Crippen LogP contribution < -0.4 is 9.47 Å². The van der Waals surface area contributed by atoms with Crippen LogP contribution in [0.5, 0.6) is 11.5 Å². The number of fused-ring (bicyclic) bond motifs is 2. The predicted molar refractivity (Wildman–Crippen MR) is 106 cm³/mol. The van der Waals surface area contributed by atoms with Crippen molar-refractivity contribution in [1.82, 2.24) is 4.90 Å². The Morgan fingerprint density at radius 1 is 1.10 bits per heavy atom. The first-order chi connectivity index (χ1) is 14.1. The lowest BCUT2D eigenvalue weighted by Gasteiger charge is -2.38. The van der Waals surface area contributed by atoms with Crippen LogP contribution in [0.3, 0.4) is 0 Å². The summed E-state index contributed by atoms with van der Waals surface area (Å²) in [5.74, 6) is 1.64. The van der Waals surface area contributed by atoms with Gasteiger partial charge < -0.3 is 19.7 Å². The van der Waals surface area contributed by atoms with Crippen LogP contribution in [0.2, 0.25) is 0 Å². The topological polar surface area (TPSA) is 62.2 Å². The van der Waals surface area contributed by atoms with Crippen molar-refractivity contribution in [2.24, 2.45) is 0 Å². The molecule has 2 aliphatic heterocycles. The number of hydrogen-bond donors (Lipinski definition) is 2. The van der Waals surface area contributed by atoms with Crippen molar-refractivity contribution >= 4 is 0 Å². The third-order valence-electron chi connectivity index (χ3n) is 6.58. The van der Waals surface area contributed by atoms with Gasteiger partial charge in [0.2, 0.25) is 0 Å². The molecule has 5 rings (SSSR count). The van der Waals surface area contributed by atoms with Gasteiger partial charge in [-0.3, -0.25) is 4.90 Å². The van der Waals surface area contributed by atoms with Gasteiger partial charge in [-0.15, -0.1) is 0 Å². The molecule has 0 amide bonds. The van der Waals surface area contributed by atoms with Crippen LogP contribution in [0.25, 0.3) is 0 Å². The fourth-order valence-electron chi connectivity index (χ4n) is 5.04. The Morgan fingerprint density at radius 3 is 2.72 bits per heavy atom. The minimum Gasteiger partial charge on any atom is -0.485 e. The van der Waals surface area contributed by atoms with E-state index in [2.05, 4.69) is 11.0 Å². The normalized spacial score (nSPS) is 27.1. The van der Waals surface area contributed by atoms with Crippen LogP contribution in [-0.4, -0.2) is 53.6 Å². The summed E-state index contributed by atoms with van der Waals surface area (Å²) < 4.78 is 25.3. The molecule has 1 aliphatic carbocycles. The van der Waals surface area contributed by atoms with E-state index in [1.165, 1.54) is 6.07 Å². The maximum absolute atomic E-state index is 13.6. The molecule has 6 heteroatoms. The molecule has 5 nitrogen and oxygen atoms in total. The number of benzene rings is 2. The lowest BCUT2D eigenvalue weighted by Crippen LogP contribution is -2.43. The van der Waals surface area contributed by atoms with Crippen molar-refractivity contribution < 1.29 is 24.1 Å². The van der Waals surface area contributed by atoms with Crippen LogP contribution in [-0.2, 0) is 6.42 Å². The van der Waals surface area contributed by atoms with E-state index in [1.54, 1.807) is 12.1 Å². The fraction of sp³-hybridized carbons (Fsp3) is 0.478. The predicted octanol–water partition coefficient (Wildman–Crippen LogP) is 2.80. The first-order valence-electron chi connectivity index (χ1n) is 10.4. The second-order valence-electron chi connectivity index (χ2n) is 8.28. The van der Waals surface area contributed by atoms with Crippen LogP contribution in [0.1, 0.15) is 41.6 Å². The van der Waals surface area contributed by atoms with Gasteiger partial charge in [-0.05, 0) is 67.6 Å². The molecule has 0 aromatic heterocycles. The maximum atomic E-state index is 13.6. The Morgan fingerprint density at radius 2 is 1.93 bits per heavy atom. The number of halogens is 1. The van der Waals surface area contributed by atoms with Crippen molar-refractivity contribution in [2.45, 2.75) is 43.4 Å². The van der Waals surface area contributed by atoms with Gasteiger partial charge in [0.25, 0.3) is 0 Å². The van der Waals surface area contributed by atoms with Gasteiger partial charge in [0.05, 0.1) is 12.7 Å². The number of likely N-dealkylation sites (tertiary alicyclic amines) is 1. The van der Waals surface area contributed by atoms with E-state index in [1.807, 2.05) is 12.1 Å². The summed E-state index contributed by atoms with van der Waals surface area (Å²) in [5.41, 5.74) is 2.95. The Hall–Kier alpha value is -2.15. The highest BCUT2D eigenvalue weighted by atomic mass is 19.1. The molecule has 29 heavy (non-hydrogen) atoms. The highest BCUT2D eigenvalue weighted by Gasteiger charge is 2.37. The average molecular weight is 399 g/mol. The first-order valence-corrected chi connectivity index (χ1v) is 10.4. The molecular weight excluding hydrogens is 373 g/mol. The summed E-state index contributed by atoms with van der Waals surface area (Å²) in [5, 5.41) is 20.1. The van der Waals surface area contributed by atoms with Gasteiger partial charge in [0.15, 0.2) is 17.6 Å². The van der Waals surface area contributed by atoms with Gasteiger partial charge in [0, 0.05) is 11.6 Å². The number of hydrogen-bond acceptors (Lipinski definition) is 5.